The predicted molar refractivity (Wildman–Crippen MR) is 78.8 cm³/mol. The van der Waals surface area contributed by atoms with Crippen LogP contribution >= 0.6 is 0 Å². The Hall–Kier alpha value is -3.16. The molecule has 0 unspecified atom stereocenters. The second-order valence-corrected chi connectivity index (χ2v) is 3.98. The molecule has 0 aromatic rings. The quantitative estimate of drug-likeness (QED) is 0.489. The first-order valence-corrected chi connectivity index (χ1v) is 6.44. The Bertz CT molecular complexity index is 646. The van der Waals surface area contributed by atoms with Gasteiger partial charge in [0.2, 0.25) is 23.1 Å². The highest BCUT2D eigenvalue weighted by Gasteiger charge is 2.24. The van der Waals surface area contributed by atoms with Gasteiger partial charge >= 0.3 is 0 Å². The fraction of sp³-hybridized carbons (Fsp3) is 0.200. The summed E-state index contributed by atoms with van der Waals surface area (Å²) in [6.07, 6.45) is 2.06. The number of rotatable bonds is 0. The largest absolute Gasteiger partial charge is 0.504 e. The van der Waals surface area contributed by atoms with Gasteiger partial charge in [0.05, 0.1) is 0 Å². The molecule has 0 bridgehead atoms. The molecule has 0 fully saturated rings. The van der Waals surface area contributed by atoms with E-state index in [0.29, 0.717) is 18.2 Å². The Morgan fingerprint density at radius 1 is 0.652 bits per heavy atom. The van der Waals surface area contributed by atoms with Crippen molar-refractivity contribution in [2.24, 2.45) is 0 Å². The minimum atomic E-state index is -0.753. The van der Waals surface area contributed by atoms with E-state index in [1.807, 2.05) is 13.8 Å². The Kier molecular flexibility index (Phi) is 7.18. The number of carbonyl (C=O) groups is 4. The number of hydrogen-bond donors (Lipinski definition) is 4. The van der Waals surface area contributed by atoms with E-state index in [-0.39, 0.29) is 5.57 Å². The summed E-state index contributed by atoms with van der Waals surface area (Å²) in [5, 5.41) is 34.9. The van der Waals surface area contributed by atoms with Gasteiger partial charge in [0.1, 0.15) is 0 Å². The van der Waals surface area contributed by atoms with Gasteiger partial charge in [0, 0.05) is 23.8 Å². The van der Waals surface area contributed by atoms with Gasteiger partial charge in [0.15, 0.2) is 23.0 Å². The fourth-order valence-electron chi connectivity index (χ4n) is 1.28. The van der Waals surface area contributed by atoms with Crippen molar-refractivity contribution in [3.05, 3.63) is 46.8 Å². The number of hydrogen-bond acceptors (Lipinski definition) is 8. The van der Waals surface area contributed by atoms with Gasteiger partial charge in [0.25, 0.3) is 0 Å². The van der Waals surface area contributed by atoms with Gasteiger partial charge in [-0.2, -0.15) is 0 Å². The molecule has 0 heterocycles. The van der Waals surface area contributed by atoms with E-state index in [1.165, 1.54) is 6.92 Å². The number of carbonyl (C=O) groups excluding carboxylic acids is 4. The molecule has 8 heteroatoms. The van der Waals surface area contributed by atoms with Crippen LogP contribution in [0, 0.1) is 0 Å². The number of Topliss-reactive ketones (excluding diaryl/α,β-unsaturated/α-hetero) is 1. The zero-order valence-electron chi connectivity index (χ0n) is 12.7. The van der Waals surface area contributed by atoms with Crippen molar-refractivity contribution in [1.82, 2.24) is 0 Å². The highest BCUT2D eigenvalue weighted by Crippen LogP contribution is 2.14. The fourth-order valence-corrected chi connectivity index (χ4v) is 1.28. The molecule has 0 aromatic heterocycles. The Morgan fingerprint density at radius 2 is 1.00 bits per heavy atom. The van der Waals surface area contributed by atoms with Gasteiger partial charge < -0.3 is 20.4 Å². The Morgan fingerprint density at radius 3 is 1.39 bits per heavy atom. The number of aliphatic hydroxyl groups is 4. The van der Waals surface area contributed by atoms with Crippen LogP contribution in [-0.2, 0) is 19.2 Å². The third-order valence-electron chi connectivity index (χ3n) is 2.47. The van der Waals surface area contributed by atoms with Crippen LogP contribution < -0.4 is 0 Å². The van der Waals surface area contributed by atoms with Crippen molar-refractivity contribution in [3.8, 4) is 0 Å². The molecule has 2 rings (SSSR count). The first-order valence-electron chi connectivity index (χ1n) is 6.44. The van der Waals surface area contributed by atoms with Crippen LogP contribution in [0.3, 0.4) is 0 Å². The highest BCUT2D eigenvalue weighted by molar-refractivity contribution is 6.20. The lowest BCUT2D eigenvalue weighted by atomic mass is 10.0. The van der Waals surface area contributed by atoms with Crippen LogP contribution in [0.15, 0.2) is 46.8 Å². The molecule has 0 atom stereocenters. The van der Waals surface area contributed by atoms with Crippen LogP contribution in [0.2, 0.25) is 0 Å². The van der Waals surface area contributed by atoms with Crippen molar-refractivity contribution < 1.29 is 39.6 Å². The first-order chi connectivity index (χ1) is 10.6. The first kappa shape index (κ1) is 19.8. The molecule has 0 aliphatic heterocycles. The molecule has 0 saturated carbocycles. The maximum Gasteiger partial charge on any atom is 0.226 e. The zero-order valence-corrected chi connectivity index (χ0v) is 12.7. The summed E-state index contributed by atoms with van der Waals surface area (Å²) in [6, 6.07) is 0. The Labute approximate surface area is 131 Å². The number of aliphatic hydroxyl groups excluding tert-OH is 4. The highest BCUT2D eigenvalue weighted by atomic mass is 16.3. The van der Waals surface area contributed by atoms with E-state index in [1.54, 1.807) is 0 Å². The molecule has 124 valence electrons. The van der Waals surface area contributed by atoms with Crippen LogP contribution in [0.25, 0.3) is 0 Å². The van der Waals surface area contributed by atoms with E-state index < -0.39 is 46.2 Å². The average Bonchev–Trinajstić information content (AvgIpc) is 2.52. The molecule has 2 aliphatic carbocycles. The zero-order chi connectivity index (χ0) is 18.3. The predicted octanol–water partition coefficient (Wildman–Crippen LogP) is 1.46. The molecular weight excluding hydrogens is 308 g/mol. The van der Waals surface area contributed by atoms with Crippen molar-refractivity contribution >= 4 is 23.1 Å². The minimum absolute atomic E-state index is 0.116. The molecule has 8 nitrogen and oxygen atoms in total. The van der Waals surface area contributed by atoms with Gasteiger partial charge in [-0.1, -0.05) is 13.8 Å². The Balaban J connectivity index is 0.000000381. The summed E-state index contributed by atoms with van der Waals surface area (Å²) in [6.45, 7) is 5.28. The summed E-state index contributed by atoms with van der Waals surface area (Å²) >= 11 is 0. The molecule has 0 amide bonds. The normalized spacial score (nSPS) is 17.3. The van der Waals surface area contributed by atoms with E-state index in [9.17, 15) is 19.2 Å². The molecule has 0 spiro atoms. The summed E-state index contributed by atoms with van der Waals surface area (Å²) in [5.74, 6) is -5.43. The molecular formula is C15H16O8. The van der Waals surface area contributed by atoms with Gasteiger partial charge in [-0.05, 0) is 6.92 Å². The SMILES string of the molecule is CC.CC1=C(O)C(=O)C=C(O)C1=O.O=C1C=C(O)C(=O)C=C1O. The van der Waals surface area contributed by atoms with Gasteiger partial charge in [-0.3, -0.25) is 19.2 Å². The molecule has 0 saturated heterocycles. The lowest BCUT2D eigenvalue weighted by Gasteiger charge is -2.07. The smallest absolute Gasteiger partial charge is 0.226 e. The van der Waals surface area contributed by atoms with Crippen LogP contribution in [0.1, 0.15) is 20.8 Å². The van der Waals surface area contributed by atoms with Crippen molar-refractivity contribution in [3.63, 3.8) is 0 Å². The van der Waals surface area contributed by atoms with Crippen LogP contribution in [-0.4, -0.2) is 43.6 Å². The molecule has 2 aliphatic rings. The summed E-state index contributed by atoms with van der Waals surface area (Å²) in [7, 11) is 0. The molecule has 0 aromatic carbocycles. The summed E-state index contributed by atoms with van der Waals surface area (Å²) in [5.41, 5.74) is -0.116. The molecule has 0 radical (unpaired) electrons. The lowest BCUT2D eigenvalue weighted by molar-refractivity contribution is -0.119. The number of allylic oxidation sites excluding steroid dienone is 4. The standard InChI is InChI=1S/C7H6O4.C6H4O4.C2H6/c1-3-6(10)4(8)2-5(9)7(3)11;7-3-1-4(8)6(10)2-5(3)9;1-2/h2,8,11H,1H3;1-2,7,10H;1-2H3. The van der Waals surface area contributed by atoms with Crippen molar-refractivity contribution in [2.75, 3.05) is 0 Å². The van der Waals surface area contributed by atoms with Crippen molar-refractivity contribution in [1.29, 1.82) is 0 Å². The maximum atomic E-state index is 10.8. The number of ketones is 4. The average molecular weight is 324 g/mol. The van der Waals surface area contributed by atoms with E-state index >= 15 is 0 Å². The van der Waals surface area contributed by atoms with Crippen LogP contribution in [0.4, 0.5) is 0 Å². The maximum absolute atomic E-state index is 10.8. The molecule has 23 heavy (non-hydrogen) atoms. The van der Waals surface area contributed by atoms with E-state index in [4.69, 9.17) is 20.4 Å². The van der Waals surface area contributed by atoms with Gasteiger partial charge in [-0.25, -0.2) is 0 Å². The summed E-state index contributed by atoms with van der Waals surface area (Å²) in [4.78, 5) is 42.3. The topological polar surface area (TPSA) is 149 Å². The summed E-state index contributed by atoms with van der Waals surface area (Å²) < 4.78 is 0. The molecule has 4 N–H and O–H groups in total. The van der Waals surface area contributed by atoms with E-state index in [2.05, 4.69) is 0 Å². The van der Waals surface area contributed by atoms with Crippen LogP contribution in [0.5, 0.6) is 0 Å². The third kappa shape index (κ3) is 4.95. The third-order valence-corrected chi connectivity index (χ3v) is 2.47. The second-order valence-electron chi connectivity index (χ2n) is 3.98. The van der Waals surface area contributed by atoms with Crippen molar-refractivity contribution in [2.45, 2.75) is 20.8 Å². The second kappa shape index (κ2) is 8.32. The lowest BCUT2D eigenvalue weighted by Crippen LogP contribution is -2.17. The monoisotopic (exact) mass is 324 g/mol. The van der Waals surface area contributed by atoms with Gasteiger partial charge in [-0.15, -0.1) is 0 Å². The van der Waals surface area contributed by atoms with E-state index in [0.717, 1.165) is 0 Å². The minimum Gasteiger partial charge on any atom is -0.504 e.